The van der Waals surface area contributed by atoms with E-state index in [1.54, 1.807) is 6.92 Å². The molecule has 1 atom stereocenters. The van der Waals surface area contributed by atoms with Crippen LogP contribution in [0, 0.1) is 0 Å². The molecule has 0 aliphatic heterocycles. The predicted octanol–water partition coefficient (Wildman–Crippen LogP) is -1.48. The topological polar surface area (TPSA) is 121 Å². The second-order valence-electron chi connectivity index (χ2n) is 3.60. The van der Waals surface area contributed by atoms with Gasteiger partial charge in [0.05, 0.1) is 0 Å². The summed E-state index contributed by atoms with van der Waals surface area (Å²) in [4.78, 5) is 44.5. The van der Waals surface area contributed by atoms with Crippen LogP contribution in [-0.4, -0.2) is 32.8 Å². The number of aliphatic carboxylic acids is 1. The highest BCUT2D eigenvalue weighted by Crippen LogP contribution is 1.90. The van der Waals surface area contributed by atoms with E-state index in [4.69, 9.17) is 5.11 Å². The zero-order valence-electron chi connectivity index (χ0n) is 9.67. The number of aromatic nitrogens is 2. The highest BCUT2D eigenvalue weighted by molar-refractivity contribution is 5.83. The van der Waals surface area contributed by atoms with Gasteiger partial charge in [-0.2, -0.15) is 0 Å². The van der Waals surface area contributed by atoms with E-state index in [0.717, 1.165) is 16.8 Å². The van der Waals surface area contributed by atoms with Gasteiger partial charge in [-0.1, -0.05) is 6.92 Å². The van der Waals surface area contributed by atoms with Crippen molar-refractivity contribution in [2.45, 2.75) is 25.9 Å². The maximum atomic E-state index is 11.5. The van der Waals surface area contributed by atoms with Gasteiger partial charge in [0.2, 0.25) is 5.91 Å². The van der Waals surface area contributed by atoms with E-state index in [-0.39, 0.29) is 6.42 Å². The molecule has 0 spiro atoms. The normalized spacial score (nSPS) is 11.8. The summed E-state index contributed by atoms with van der Waals surface area (Å²) in [5.74, 6) is -1.81. The third-order valence-electron chi connectivity index (χ3n) is 2.23. The van der Waals surface area contributed by atoms with Crippen molar-refractivity contribution in [2.75, 3.05) is 0 Å². The quantitative estimate of drug-likeness (QED) is 0.592. The molecule has 98 valence electrons. The van der Waals surface area contributed by atoms with Crippen LogP contribution in [-0.2, 0) is 16.1 Å². The Balaban J connectivity index is 2.76. The van der Waals surface area contributed by atoms with Crippen molar-refractivity contribution in [3.05, 3.63) is 32.8 Å². The smallest absolute Gasteiger partial charge is 0.326 e. The number of H-pyrrole nitrogens is 1. The molecule has 0 saturated carbocycles. The summed E-state index contributed by atoms with van der Waals surface area (Å²) in [5.41, 5.74) is -1.07. The molecular formula is C10H13N3O5. The van der Waals surface area contributed by atoms with Crippen molar-refractivity contribution >= 4 is 11.9 Å². The molecule has 0 aromatic carbocycles. The summed E-state index contributed by atoms with van der Waals surface area (Å²) in [6.45, 7) is 1.17. The van der Waals surface area contributed by atoms with Crippen molar-refractivity contribution in [1.82, 2.24) is 15.1 Å². The Labute approximate surface area is 101 Å². The van der Waals surface area contributed by atoms with Crippen molar-refractivity contribution in [2.24, 2.45) is 0 Å². The van der Waals surface area contributed by atoms with Gasteiger partial charge in [0.25, 0.3) is 11.1 Å². The molecule has 8 heteroatoms. The number of aromatic amines is 1. The third-order valence-corrected chi connectivity index (χ3v) is 2.23. The van der Waals surface area contributed by atoms with E-state index < -0.39 is 35.6 Å². The molecule has 1 amide bonds. The SMILES string of the molecule is CC[C@@H](NC(=O)Cn1[nH]c(=O)ccc1=O)C(=O)O. The van der Waals surface area contributed by atoms with Crippen LogP contribution < -0.4 is 16.4 Å². The highest BCUT2D eigenvalue weighted by atomic mass is 16.4. The summed E-state index contributed by atoms with van der Waals surface area (Å²) in [5, 5.41) is 13.2. The minimum Gasteiger partial charge on any atom is -0.480 e. The zero-order valence-corrected chi connectivity index (χ0v) is 9.67. The lowest BCUT2D eigenvalue weighted by Crippen LogP contribution is -2.43. The number of carboxylic acid groups (broad SMARTS) is 1. The molecule has 0 saturated heterocycles. The Morgan fingerprint density at radius 2 is 2.11 bits per heavy atom. The van der Waals surface area contributed by atoms with E-state index in [1.807, 2.05) is 0 Å². The van der Waals surface area contributed by atoms with Crippen LogP contribution in [0.5, 0.6) is 0 Å². The summed E-state index contributed by atoms with van der Waals surface area (Å²) in [7, 11) is 0. The first-order valence-electron chi connectivity index (χ1n) is 5.26. The minimum absolute atomic E-state index is 0.223. The van der Waals surface area contributed by atoms with Crippen LogP contribution in [0.15, 0.2) is 21.7 Å². The van der Waals surface area contributed by atoms with Crippen molar-refractivity contribution in [1.29, 1.82) is 0 Å². The number of rotatable bonds is 5. The molecule has 1 heterocycles. The average Bonchev–Trinajstić information content (AvgIpc) is 2.30. The van der Waals surface area contributed by atoms with Crippen molar-refractivity contribution in [3.8, 4) is 0 Å². The Bertz CT molecular complexity index is 559. The van der Waals surface area contributed by atoms with Gasteiger partial charge in [0, 0.05) is 12.1 Å². The fourth-order valence-electron chi connectivity index (χ4n) is 1.30. The summed E-state index contributed by atoms with van der Waals surface area (Å²) >= 11 is 0. The van der Waals surface area contributed by atoms with E-state index in [9.17, 15) is 19.2 Å². The minimum atomic E-state index is -1.15. The molecule has 3 N–H and O–H groups in total. The van der Waals surface area contributed by atoms with Crippen LogP contribution in [0.1, 0.15) is 13.3 Å². The third kappa shape index (κ3) is 3.58. The van der Waals surface area contributed by atoms with Gasteiger partial charge < -0.3 is 10.4 Å². The Hall–Kier alpha value is -2.38. The van der Waals surface area contributed by atoms with Gasteiger partial charge in [0.1, 0.15) is 12.6 Å². The van der Waals surface area contributed by atoms with Crippen LogP contribution >= 0.6 is 0 Å². The van der Waals surface area contributed by atoms with Crippen molar-refractivity contribution < 1.29 is 14.7 Å². The van der Waals surface area contributed by atoms with E-state index in [2.05, 4.69) is 10.4 Å². The van der Waals surface area contributed by atoms with Gasteiger partial charge >= 0.3 is 5.97 Å². The maximum Gasteiger partial charge on any atom is 0.326 e. The number of amides is 1. The molecule has 18 heavy (non-hydrogen) atoms. The maximum absolute atomic E-state index is 11.5. The van der Waals surface area contributed by atoms with E-state index in [1.165, 1.54) is 0 Å². The monoisotopic (exact) mass is 255 g/mol. The summed E-state index contributed by atoms with van der Waals surface area (Å²) in [6, 6.07) is 1.06. The molecule has 0 aliphatic rings. The summed E-state index contributed by atoms with van der Waals surface area (Å²) < 4.78 is 0.812. The molecule has 0 bridgehead atoms. The van der Waals surface area contributed by atoms with Crippen LogP contribution in [0.25, 0.3) is 0 Å². The van der Waals surface area contributed by atoms with Crippen LogP contribution in [0.2, 0.25) is 0 Å². The molecule has 1 rings (SSSR count). The molecule has 8 nitrogen and oxygen atoms in total. The zero-order chi connectivity index (χ0) is 13.7. The lowest BCUT2D eigenvalue weighted by molar-refractivity contribution is -0.142. The van der Waals surface area contributed by atoms with Crippen LogP contribution in [0.3, 0.4) is 0 Å². The molecule has 1 aromatic rings. The average molecular weight is 255 g/mol. The lowest BCUT2D eigenvalue weighted by Gasteiger charge is -2.12. The number of nitrogens with one attached hydrogen (secondary N) is 2. The molecular weight excluding hydrogens is 242 g/mol. The summed E-state index contributed by atoms with van der Waals surface area (Å²) in [6.07, 6.45) is 0.223. The second-order valence-corrected chi connectivity index (χ2v) is 3.60. The number of hydrogen-bond acceptors (Lipinski definition) is 4. The number of hydrogen-bond donors (Lipinski definition) is 3. The number of carbonyl (C=O) groups is 2. The van der Waals surface area contributed by atoms with E-state index >= 15 is 0 Å². The standard InChI is InChI=1S/C10H13N3O5/c1-2-6(10(17)18)11-8(15)5-13-9(16)4-3-7(14)12-13/h3-4,6H,2,5H2,1H3,(H,11,15)(H,12,14)(H,17,18)/t6-/m1/s1. The van der Waals surface area contributed by atoms with Crippen LogP contribution in [0.4, 0.5) is 0 Å². The lowest BCUT2D eigenvalue weighted by atomic mass is 10.2. The first-order chi connectivity index (χ1) is 8.43. The number of nitrogens with zero attached hydrogens (tertiary/aromatic N) is 1. The Morgan fingerprint density at radius 1 is 1.44 bits per heavy atom. The number of carboxylic acids is 1. The Kier molecular flexibility index (Phi) is 4.41. The molecule has 1 aromatic heterocycles. The van der Waals surface area contributed by atoms with Gasteiger partial charge in [-0.15, -0.1) is 0 Å². The molecule has 0 aliphatic carbocycles. The van der Waals surface area contributed by atoms with Gasteiger partial charge in [-0.3, -0.25) is 19.5 Å². The number of carbonyl (C=O) groups excluding carboxylic acids is 1. The highest BCUT2D eigenvalue weighted by Gasteiger charge is 2.17. The van der Waals surface area contributed by atoms with Gasteiger partial charge in [-0.25, -0.2) is 9.48 Å². The largest absolute Gasteiger partial charge is 0.480 e. The first-order valence-corrected chi connectivity index (χ1v) is 5.26. The van der Waals surface area contributed by atoms with Gasteiger partial charge in [-0.05, 0) is 6.42 Å². The fourth-order valence-corrected chi connectivity index (χ4v) is 1.30. The molecule has 0 radical (unpaired) electrons. The molecule has 0 fully saturated rings. The first kappa shape index (κ1) is 13.7. The predicted molar refractivity (Wildman–Crippen MR) is 61.2 cm³/mol. The van der Waals surface area contributed by atoms with Crippen molar-refractivity contribution in [3.63, 3.8) is 0 Å². The molecule has 0 unspecified atom stereocenters. The second kappa shape index (κ2) is 5.80. The van der Waals surface area contributed by atoms with E-state index in [0.29, 0.717) is 0 Å². The Morgan fingerprint density at radius 3 is 2.67 bits per heavy atom. The fraction of sp³-hybridized carbons (Fsp3) is 0.400. The van der Waals surface area contributed by atoms with Gasteiger partial charge in [0.15, 0.2) is 0 Å².